The average molecular weight is 444 g/mol. The first-order valence-electron chi connectivity index (χ1n) is 9.46. The zero-order chi connectivity index (χ0) is 19.6. The van der Waals surface area contributed by atoms with Crippen molar-refractivity contribution in [2.24, 2.45) is 0 Å². The molecule has 4 nitrogen and oxygen atoms in total. The molecule has 0 aliphatic rings. The van der Waals surface area contributed by atoms with Crippen LogP contribution in [0.3, 0.4) is 0 Å². The highest BCUT2D eigenvalue weighted by molar-refractivity contribution is 8.93. The van der Waals surface area contributed by atoms with Gasteiger partial charge in [-0.15, -0.1) is 17.0 Å². The third kappa shape index (κ3) is 4.58. The molecule has 2 aromatic carbocycles. The summed E-state index contributed by atoms with van der Waals surface area (Å²) in [6, 6.07) is 15.3. The van der Waals surface area contributed by atoms with Crippen molar-refractivity contribution in [3.8, 4) is 0 Å². The Morgan fingerprint density at radius 2 is 1.68 bits per heavy atom. The number of aromatic nitrogens is 2. The van der Waals surface area contributed by atoms with Gasteiger partial charge in [-0.05, 0) is 29.5 Å². The molecule has 0 N–H and O–H groups in total. The molecular weight excluding hydrogens is 416 g/mol. The first-order chi connectivity index (χ1) is 12.8. The number of Topliss-reactive ketones (excluding diaryl/α,β-unsaturated/α-hetero) is 1. The Hall–Kier alpha value is -2.27. The fraction of sp³-hybridized carbons (Fsp3) is 0.348. The molecule has 0 atom stereocenters. The highest BCUT2D eigenvalue weighted by Crippen LogP contribution is 2.22. The van der Waals surface area contributed by atoms with Gasteiger partial charge < -0.3 is 0 Å². The van der Waals surface area contributed by atoms with Crippen molar-refractivity contribution in [3.05, 3.63) is 76.3 Å². The number of halogens is 1. The molecule has 28 heavy (non-hydrogen) atoms. The molecule has 0 saturated heterocycles. The number of nitrogens with zero attached hydrogens (tertiary/aromatic N) is 2. The number of hydrogen-bond donors (Lipinski definition) is 0. The topological polar surface area (TPSA) is 43.0 Å². The number of benzene rings is 2. The van der Waals surface area contributed by atoms with Crippen molar-refractivity contribution < 1.29 is 9.36 Å². The van der Waals surface area contributed by atoms with Crippen LogP contribution in [-0.2, 0) is 18.5 Å². The van der Waals surface area contributed by atoms with Crippen LogP contribution in [-0.4, -0.2) is 10.4 Å². The quantitative estimate of drug-likeness (QED) is 0.431. The van der Waals surface area contributed by atoms with Crippen LogP contribution in [0.25, 0.3) is 10.9 Å². The van der Waals surface area contributed by atoms with Crippen LogP contribution in [0.15, 0.2) is 59.7 Å². The average Bonchev–Trinajstić information content (AvgIpc) is 2.65. The fourth-order valence-electron chi connectivity index (χ4n) is 3.27. The van der Waals surface area contributed by atoms with E-state index in [-0.39, 0.29) is 40.3 Å². The first kappa shape index (κ1) is 22.0. The van der Waals surface area contributed by atoms with Crippen LogP contribution in [0.4, 0.5) is 0 Å². The standard InChI is InChI=1S/C23H27N2O2.BrH/c1-5-14-24-16-25(20-9-7-6-8-19(20)22(24)27)15-21(26)17-10-12-18(13-11-17)23(2,3)4;/h6-13,16H,5,14-15H2,1-4H3;1H/q+1;. The molecule has 0 spiro atoms. The molecule has 5 heteroatoms. The monoisotopic (exact) mass is 443 g/mol. The van der Waals surface area contributed by atoms with Gasteiger partial charge >= 0.3 is 5.56 Å². The summed E-state index contributed by atoms with van der Waals surface area (Å²) in [7, 11) is 0. The van der Waals surface area contributed by atoms with Crippen molar-refractivity contribution in [2.45, 2.75) is 52.6 Å². The minimum atomic E-state index is -0.00863. The minimum absolute atomic E-state index is 0. The van der Waals surface area contributed by atoms with Crippen molar-refractivity contribution in [1.29, 1.82) is 0 Å². The first-order valence-corrected chi connectivity index (χ1v) is 9.46. The largest absolute Gasteiger partial charge is 0.345 e. The smallest absolute Gasteiger partial charge is 0.290 e. The fourth-order valence-corrected chi connectivity index (χ4v) is 3.27. The highest BCUT2D eigenvalue weighted by atomic mass is 79.9. The minimum Gasteiger partial charge on any atom is -0.290 e. The summed E-state index contributed by atoms with van der Waals surface area (Å²) in [5.74, 6) is 0.0345. The van der Waals surface area contributed by atoms with E-state index in [0.29, 0.717) is 17.5 Å². The molecule has 0 aliphatic heterocycles. The van der Waals surface area contributed by atoms with Gasteiger partial charge in [0.2, 0.25) is 12.1 Å². The SMILES string of the molecule is Br.CCCn1c[n+](CC(=O)c2ccc(C(C)(C)C)cc2)c2ccccc2c1=O. The Labute approximate surface area is 176 Å². The molecular formula is C23H28BrN2O2+. The summed E-state index contributed by atoms with van der Waals surface area (Å²) in [5.41, 5.74) is 2.73. The van der Waals surface area contributed by atoms with E-state index in [9.17, 15) is 9.59 Å². The lowest BCUT2D eigenvalue weighted by Crippen LogP contribution is -2.43. The highest BCUT2D eigenvalue weighted by Gasteiger charge is 2.19. The second kappa shape index (κ2) is 8.82. The Bertz CT molecular complexity index is 1030. The van der Waals surface area contributed by atoms with Crippen molar-refractivity contribution in [2.75, 3.05) is 0 Å². The van der Waals surface area contributed by atoms with Crippen LogP contribution in [0.5, 0.6) is 0 Å². The van der Waals surface area contributed by atoms with Crippen molar-refractivity contribution in [3.63, 3.8) is 0 Å². The van der Waals surface area contributed by atoms with E-state index >= 15 is 0 Å². The number of hydrogen-bond acceptors (Lipinski definition) is 2. The molecule has 0 fully saturated rings. The van der Waals surface area contributed by atoms with Crippen molar-refractivity contribution >= 4 is 33.7 Å². The van der Waals surface area contributed by atoms with E-state index in [1.807, 2.05) is 60.0 Å². The molecule has 0 aliphatic carbocycles. The van der Waals surface area contributed by atoms with Gasteiger partial charge in [-0.2, -0.15) is 4.57 Å². The summed E-state index contributed by atoms with van der Waals surface area (Å²) >= 11 is 0. The van der Waals surface area contributed by atoms with E-state index in [1.54, 1.807) is 10.9 Å². The number of carbonyl (C=O) groups is 1. The predicted molar refractivity (Wildman–Crippen MR) is 118 cm³/mol. The van der Waals surface area contributed by atoms with E-state index in [0.717, 1.165) is 11.9 Å². The molecule has 148 valence electrons. The molecule has 0 radical (unpaired) electrons. The lowest BCUT2D eigenvalue weighted by molar-refractivity contribution is -0.661. The molecule has 0 bridgehead atoms. The second-order valence-corrected chi connectivity index (χ2v) is 8.01. The van der Waals surface area contributed by atoms with Gasteiger partial charge in [-0.25, -0.2) is 9.36 Å². The van der Waals surface area contributed by atoms with E-state index in [1.165, 1.54) is 5.56 Å². The number of para-hydroxylation sites is 1. The van der Waals surface area contributed by atoms with Gasteiger partial charge in [-0.1, -0.05) is 64.1 Å². The summed E-state index contributed by atoms with van der Waals surface area (Å²) in [4.78, 5) is 25.5. The zero-order valence-electron chi connectivity index (χ0n) is 16.9. The molecule has 1 heterocycles. The maximum absolute atomic E-state index is 12.9. The molecule has 3 aromatic rings. The number of fused-ring (bicyclic) bond motifs is 1. The Balaban J connectivity index is 0.00000280. The van der Waals surface area contributed by atoms with E-state index in [4.69, 9.17) is 0 Å². The van der Waals surface area contributed by atoms with Gasteiger partial charge in [-0.3, -0.25) is 4.79 Å². The van der Waals surface area contributed by atoms with Gasteiger partial charge in [0, 0.05) is 5.56 Å². The third-order valence-electron chi connectivity index (χ3n) is 4.83. The Morgan fingerprint density at radius 1 is 1.04 bits per heavy atom. The number of aryl methyl sites for hydroxylation is 1. The normalized spacial score (nSPS) is 11.3. The van der Waals surface area contributed by atoms with Gasteiger partial charge in [0.25, 0.3) is 0 Å². The van der Waals surface area contributed by atoms with Gasteiger partial charge in [0.15, 0.2) is 6.54 Å². The maximum Gasteiger partial charge on any atom is 0.345 e. The van der Waals surface area contributed by atoms with Crippen LogP contribution in [0.2, 0.25) is 0 Å². The van der Waals surface area contributed by atoms with Crippen LogP contribution < -0.4 is 10.1 Å². The summed E-state index contributed by atoms with van der Waals surface area (Å²) in [6.45, 7) is 9.35. The maximum atomic E-state index is 12.9. The molecule has 0 saturated carbocycles. The second-order valence-electron chi connectivity index (χ2n) is 8.01. The van der Waals surface area contributed by atoms with Crippen LogP contribution in [0.1, 0.15) is 50.0 Å². The van der Waals surface area contributed by atoms with E-state index in [2.05, 4.69) is 20.8 Å². The molecule has 1 aromatic heterocycles. The zero-order valence-corrected chi connectivity index (χ0v) is 18.6. The third-order valence-corrected chi connectivity index (χ3v) is 4.83. The Kier molecular flexibility index (Phi) is 6.94. The van der Waals surface area contributed by atoms with E-state index < -0.39 is 0 Å². The summed E-state index contributed by atoms with van der Waals surface area (Å²) < 4.78 is 3.57. The van der Waals surface area contributed by atoms with Crippen LogP contribution >= 0.6 is 17.0 Å². The Morgan fingerprint density at radius 3 is 2.29 bits per heavy atom. The number of carbonyl (C=O) groups excluding carboxylic acids is 1. The van der Waals surface area contributed by atoms with Crippen molar-refractivity contribution in [1.82, 2.24) is 4.57 Å². The van der Waals surface area contributed by atoms with Gasteiger partial charge in [0.05, 0.1) is 6.54 Å². The predicted octanol–water partition coefficient (Wildman–Crippen LogP) is 4.46. The molecule has 3 rings (SSSR count). The molecule has 0 unspecified atom stereocenters. The summed E-state index contributed by atoms with van der Waals surface area (Å²) in [5, 5.41) is 0.643. The number of rotatable bonds is 5. The summed E-state index contributed by atoms with van der Waals surface area (Å²) in [6.07, 6.45) is 2.63. The number of ketones is 1. The van der Waals surface area contributed by atoms with Gasteiger partial charge in [0.1, 0.15) is 10.9 Å². The lowest BCUT2D eigenvalue weighted by atomic mass is 9.86. The lowest BCUT2D eigenvalue weighted by Gasteiger charge is -2.18. The molecule has 0 amide bonds. The van der Waals surface area contributed by atoms with Crippen LogP contribution in [0, 0.1) is 0 Å².